The van der Waals surface area contributed by atoms with Crippen LogP contribution in [-0.4, -0.2) is 14.2 Å². The summed E-state index contributed by atoms with van der Waals surface area (Å²) in [5, 5.41) is 9.35. The zero-order valence-corrected chi connectivity index (χ0v) is 20.9. The number of nitriles is 1. The lowest BCUT2D eigenvalue weighted by Crippen LogP contribution is -2.09. The Morgan fingerprint density at radius 1 is 0.839 bits per heavy atom. The van der Waals surface area contributed by atoms with Crippen molar-refractivity contribution in [2.75, 3.05) is 19.1 Å². The van der Waals surface area contributed by atoms with E-state index in [0.29, 0.717) is 5.56 Å². The van der Waals surface area contributed by atoms with Gasteiger partial charge in [-0.05, 0) is 72.3 Å². The fraction of sp³-hybridized carbons (Fsp3) is 0.0870. The Kier molecular flexibility index (Phi) is 7.88. The van der Waals surface area contributed by atoms with Crippen LogP contribution in [0.2, 0.25) is 0 Å². The number of anilines is 3. The summed E-state index contributed by atoms with van der Waals surface area (Å²) in [7, 11) is -1.10. The first-order chi connectivity index (χ1) is 14.9. The monoisotopic (exact) mass is 560 g/mol. The van der Waals surface area contributed by atoms with Crippen LogP contribution in [-0.2, 0) is 13.6 Å². The standard InChI is InChI=1S/C23H19Br2N2O3P/c1-29-31(28,30-2)23(16-26)15-17-3-9-20(10-4-17)27(21-11-5-18(24)6-12-21)22-13-7-19(25)8-14-22/h3-15H,1-2H3/b23-15+. The summed E-state index contributed by atoms with van der Waals surface area (Å²) in [5.41, 5.74) is 3.63. The van der Waals surface area contributed by atoms with Crippen LogP contribution in [0.1, 0.15) is 5.56 Å². The van der Waals surface area contributed by atoms with Gasteiger partial charge in [-0.1, -0.05) is 44.0 Å². The molecule has 0 heterocycles. The molecular formula is C23H19Br2N2O3P. The number of nitrogens with zero attached hydrogens (tertiary/aromatic N) is 2. The highest BCUT2D eigenvalue weighted by Gasteiger charge is 2.27. The first-order valence-corrected chi connectivity index (χ1v) is 12.3. The van der Waals surface area contributed by atoms with Crippen molar-refractivity contribution in [1.29, 1.82) is 5.26 Å². The minimum Gasteiger partial charge on any atom is -0.311 e. The summed E-state index contributed by atoms with van der Waals surface area (Å²) in [6, 6.07) is 25.6. The van der Waals surface area contributed by atoms with Crippen LogP contribution in [0.15, 0.2) is 87.1 Å². The Morgan fingerprint density at radius 3 is 1.58 bits per heavy atom. The van der Waals surface area contributed by atoms with Crippen molar-refractivity contribution in [3.63, 3.8) is 0 Å². The largest absolute Gasteiger partial charge is 0.371 e. The van der Waals surface area contributed by atoms with E-state index >= 15 is 0 Å². The van der Waals surface area contributed by atoms with Crippen molar-refractivity contribution in [2.24, 2.45) is 0 Å². The van der Waals surface area contributed by atoms with Gasteiger partial charge < -0.3 is 13.9 Å². The predicted molar refractivity (Wildman–Crippen MR) is 132 cm³/mol. The second kappa shape index (κ2) is 10.4. The highest BCUT2D eigenvalue weighted by atomic mass is 79.9. The number of hydrogen-bond acceptors (Lipinski definition) is 5. The van der Waals surface area contributed by atoms with E-state index in [1.54, 1.807) is 0 Å². The van der Waals surface area contributed by atoms with Gasteiger partial charge in [-0.3, -0.25) is 4.57 Å². The molecule has 0 aliphatic rings. The molecule has 3 rings (SSSR count). The van der Waals surface area contributed by atoms with E-state index in [1.807, 2.05) is 78.9 Å². The molecule has 5 nitrogen and oxygen atoms in total. The highest BCUT2D eigenvalue weighted by Crippen LogP contribution is 2.54. The maximum atomic E-state index is 12.5. The zero-order valence-electron chi connectivity index (χ0n) is 16.8. The number of benzene rings is 3. The van der Waals surface area contributed by atoms with Gasteiger partial charge in [-0.15, -0.1) is 0 Å². The van der Waals surface area contributed by atoms with Gasteiger partial charge in [0, 0.05) is 40.2 Å². The molecule has 0 unspecified atom stereocenters. The summed E-state index contributed by atoms with van der Waals surface area (Å²) < 4.78 is 24.4. The maximum absolute atomic E-state index is 12.5. The molecular weight excluding hydrogens is 543 g/mol. The highest BCUT2D eigenvalue weighted by molar-refractivity contribution is 9.10. The normalized spacial score (nSPS) is 11.8. The molecule has 0 radical (unpaired) electrons. The van der Waals surface area contributed by atoms with Crippen molar-refractivity contribution in [2.45, 2.75) is 0 Å². The van der Waals surface area contributed by atoms with Crippen molar-refractivity contribution in [3.8, 4) is 6.07 Å². The summed E-state index contributed by atoms with van der Waals surface area (Å²) in [4.78, 5) is 2.12. The van der Waals surface area contributed by atoms with Crippen LogP contribution < -0.4 is 4.90 Å². The lowest BCUT2D eigenvalue weighted by atomic mass is 10.1. The van der Waals surface area contributed by atoms with Gasteiger partial charge in [0.25, 0.3) is 0 Å². The average molecular weight is 562 g/mol. The Hall–Kier alpha value is -2.20. The molecule has 0 atom stereocenters. The predicted octanol–water partition coefficient (Wildman–Crippen LogP) is 8.03. The minimum absolute atomic E-state index is 0.0528. The summed E-state index contributed by atoms with van der Waals surface area (Å²) in [6.45, 7) is 0. The number of halogens is 2. The van der Waals surface area contributed by atoms with Crippen molar-refractivity contribution in [3.05, 3.63) is 92.6 Å². The number of hydrogen-bond donors (Lipinski definition) is 0. The molecule has 0 saturated carbocycles. The molecule has 8 heteroatoms. The Balaban J connectivity index is 2.02. The smallest absolute Gasteiger partial charge is 0.311 e. The van der Waals surface area contributed by atoms with Crippen LogP contribution in [0.25, 0.3) is 6.08 Å². The van der Waals surface area contributed by atoms with E-state index in [4.69, 9.17) is 9.05 Å². The van der Waals surface area contributed by atoms with E-state index < -0.39 is 7.60 Å². The molecule has 0 spiro atoms. The molecule has 0 amide bonds. The van der Waals surface area contributed by atoms with Gasteiger partial charge in [-0.25, -0.2) is 0 Å². The lowest BCUT2D eigenvalue weighted by molar-refractivity contribution is 0.284. The molecule has 0 N–H and O–H groups in total. The van der Waals surface area contributed by atoms with E-state index in [0.717, 1.165) is 26.0 Å². The Bertz CT molecular complexity index is 1100. The number of allylic oxidation sites excluding steroid dienone is 1. The van der Waals surface area contributed by atoms with Crippen molar-refractivity contribution >= 4 is 62.6 Å². The second-order valence-corrected chi connectivity index (χ2v) is 10.4. The SMILES string of the molecule is COP(=O)(OC)/C(C#N)=C/c1ccc(N(c2ccc(Br)cc2)c2ccc(Br)cc2)cc1. The number of rotatable bonds is 7. The van der Waals surface area contributed by atoms with Gasteiger partial charge in [0.2, 0.25) is 0 Å². The van der Waals surface area contributed by atoms with Crippen LogP contribution >= 0.6 is 39.5 Å². The van der Waals surface area contributed by atoms with Gasteiger partial charge in [0.15, 0.2) is 0 Å². The maximum Gasteiger partial charge on any atom is 0.371 e. The lowest BCUT2D eigenvalue weighted by Gasteiger charge is -2.25. The third kappa shape index (κ3) is 5.54. The van der Waals surface area contributed by atoms with E-state index in [2.05, 4.69) is 36.8 Å². The molecule has 0 aliphatic heterocycles. The van der Waals surface area contributed by atoms with Gasteiger partial charge in [0.1, 0.15) is 11.4 Å². The fourth-order valence-electron chi connectivity index (χ4n) is 2.95. The van der Waals surface area contributed by atoms with Gasteiger partial charge in [-0.2, -0.15) is 5.26 Å². The van der Waals surface area contributed by atoms with Crippen LogP contribution in [0.4, 0.5) is 17.1 Å². The van der Waals surface area contributed by atoms with E-state index in [9.17, 15) is 9.83 Å². The minimum atomic E-state index is -3.61. The van der Waals surface area contributed by atoms with Crippen LogP contribution in [0, 0.1) is 11.3 Å². The molecule has 0 aliphatic carbocycles. The van der Waals surface area contributed by atoms with Crippen LogP contribution in [0.5, 0.6) is 0 Å². The summed E-state index contributed by atoms with van der Waals surface area (Å²) >= 11 is 6.97. The molecule has 0 fully saturated rings. The second-order valence-electron chi connectivity index (χ2n) is 6.38. The van der Waals surface area contributed by atoms with Crippen molar-refractivity contribution in [1.82, 2.24) is 0 Å². The molecule has 0 bridgehead atoms. The van der Waals surface area contributed by atoms with Gasteiger partial charge in [0.05, 0.1) is 0 Å². The third-order valence-electron chi connectivity index (χ3n) is 4.51. The Morgan fingerprint density at radius 2 is 1.23 bits per heavy atom. The first-order valence-electron chi connectivity index (χ1n) is 9.15. The molecule has 3 aromatic carbocycles. The Labute approximate surface area is 198 Å². The molecule has 3 aromatic rings. The van der Waals surface area contributed by atoms with Crippen molar-refractivity contribution < 1.29 is 13.6 Å². The molecule has 0 aromatic heterocycles. The van der Waals surface area contributed by atoms with Gasteiger partial charge >= 0.3 is 7.60 Å². The fourth-order valence-corrected chi connectivity index (χ4v) is 4.45. The third-order valence-corrected chi connectivity index (χ3v) is 7.35. The first kappa shape index (κ1) is 23.5. The van der Waals surface area contributed by atoms with E-state index in [1.165, 1.54) is 20.3 Å². The van der Waals surface area contributed by atoms with E-state index in [-0.39, 0.29) is 5.31 Å². The molecule has 158 valence electrons. The average Bonchev–Trinajstić information content (AvgIpc) is 2.80. The molecule has 0 saturated heterocycles. The summed E-state index contributed by atoms with van der Waals surface area (Å²) in [6.07, 6.45) is 1.52. The summed E-state index contributed by atoms with van der Waals surface area (Å²) in [5.74, 6) is 0. The topological polar surface area (TPSA) is 62.6 Å². The quantitative estimate of drug-likeness (QED) is 0.216. The zero-order chi connectivity index (χ0) is 22.4. The van der Waals surface area contributed by atoms with Crippen LogP contribution in [0.3, 0.4) is 0 Å². The molecule has 31 heavy (non-hydrogen) atoms.